The Labute approximate surface area is 183 Å². The molecule has 30 heavy (non-hydrogen) atoms. The highest BCUT2D eigenvalue weighted by molar-refractivity contribution is 7.13. The molecule has 0 atom stereocenters. The van der Waals surface area contributed by atoms with Gasteiger partial charge in [-0.1, -0.05) is 11.6 Å². The first-order valence-corrected chi connectivity index (χ1v) is 10.1. The van der Waals surface area contributed by atoms with E-state index in [-0.39, 0.29) is 5.57 Å². The maximum atomic E-state index is 12.4. The summed E-state index contributed by atoms with van der Waals surface area (Å²) in [4.78, 5) is 16.4. The predicted octanol–water partition coefficient (Wildman–Crippen LogP) is 4.77. The lowest BCUT2D eigenvalue weighted by Gasteiger charge is -2.16. The van der Waals surface area contributed by atoms with Gasteiger partial charge in [0.2, 0.25) is 0 Å². The fourth-order valence-electron chi connectivity index (χ4n) is 3.08. The van der Waals surface area contributed by atoms with Gasteiger partial charge in [0.05, 0.1) is 24.9 Å². The van der Waals surface area contributed by atoms with Crippen molar-refractivity contribution in [1.82, 2.24) is 9.55 Å². The summed E-state index contributed by atoms with van der Waals surface area (Å²) in [7, 11) is 3.10. The second kappa shape index (κ2) is 9.03. The smallest absolute Gasteiger partial charge is 0.268 e. The van der Waals surface area contributed by atoms with Gasteiger partial charge < -0.3 is 14.0 Å². The summed E-state index contributed by atoms with van der Waals surface area (Å²) < 4.78 is 12.7. The molecule has 0 saturated carbocycles. The average molecular weight is 443 g/mol. The maximum absolute atomic E-state index is 12.4. The molecule has 7 nitrogen and oxygen atoms in total. The molecule has 1 amide bonds. The molecular weight excluding hydrogens is 424 g/mol. The number of aromatic nitrogens is 2. The first kappa shape index (κ1) is 21.4. The molecule has 1 N–H and O–H groups in total. The number of rotatable bonds is 6. The van der Waals surface area contributed by atoms with Crippen LogP contribution in [0.5, 0.6) is 11.5 Å². The number of amides is 1. The zero-order valence-corrected chi connectivity index (χ0v) is 18.4. The second-order valence-corrected chi connectivity index (χ2v) is 7.58. The summed E-state index contributed by atoms with van der Waals surface area (Å²) in [6.07, 6.45) is 3.14. The van der Waals surface area contributed by atoms with E-state index < -0.39 is 5.91 Å². The molecular formula is C21H19ClN4O3S. The molecule has 2 aromatic heterocycles. The van der Waals surface area contributed by atoms with Crippen molar-refractivity contribution in [3.8, 4) is 23.3 Å². The summed E-state index contributed by atoms with van der Waals surface area (Å²) >= 11 is 7.61. The fraction of sp³-hybridized carbons (Fsp3) is 0.190. The quantitative estimate of drug-likeness (QED) is 0.439. The molecule has 0 unspecified atom stereocenters. The molecule has 3 aromatic rings. The maximum Gasteiger partial charge on any atom is 0.268 e. The Kier molecular flexibility index (Phi) is 6.45. The zero-order valence-electron chi connectivity index (χ0n) is 16.8. The first-order valence-electron chi connectivity index (χ1n) is 8.83. The lowest BCUT2D eigenvalue weighted by molar-refractivity contribution is -0.112. The van der Waals surface area contributed by atoms with E-state index in [1.54, 1.807) is 36.9 Å². The number of nitrogens with zero attached hydrogens (tertiary/aromatic N) is 3. The molecule has 0 saturated heterocycles. The molecule has 0 bridgehead atoms. The minimum atomic E-state index is -0.512. The number of hydrogen-bond donors (Lipinski definition) is 1. The van der Waals surface area contributed by atoms with Gasteiger partial charge >= 0.3 is 0 Å². The van der Waals surface area contributed by atoms with Gasteiger partial charge in [-0.3, -0.25) is 10.1 Å². The van der Waals surface area contributed by atoms with Crippen LogP contribution in [0.4, 0.5) is 5.13 Å². The van der Waals surface area contributed by atoms with Crippen LogP contribution in [-0.2, 0) is 4.79 Å². The molecule has 0 aliphatic rings. The van der Waals surface area contributed by atoms with Crippen molar-refractivity contribution < 1.29 is 14.3 Å². The topological polar surface area (TPSA) is 89.2 Å². The molecule has 9 heteroatoms. The summed E-state index contributed by atoms with van der Waals surface area (Å²) in [5.74, 6) is 0.573. The van der Waals surface area contributed by atoms with E-state index in [1.165, 1.54) is 18.4 Å². The minimum Gasteiger partial charge on any atom is -0.495 e. The fourth-order valence-corrected chi connectivity index (χ4v) is 3.84. The van der Waals surface area contributed by atoms with Crippen LogP contribution in [0.15, 0.2) is 35.3 Å². The largest absolute Gasteiger partial charge is 0.495 e. The van der Waals surface area contributed by atoms with Gasteiger partial charge in [0.1, 0.15) is 23.1 Å². The van der Waals surface area contributed by atoms with Crippen LogP contribution in [0, 0.1) is 25.2 Å². The van der Waals surface area contributed by atoms with Crippen LogP contribution in [0.1, 0.15) is 17.0 Å². The molecule has 1 aromatic carbocycles. The van der Waals surface area contributed by atoms with Crippen LogP contribution in [-0.4, -0.2) is 29.7 Å². The third-order valence-electron chi connectivity index (χ3n) is 4.48. The van der Waals surface area contributed by atoms with E-state index in [1.807, 2.05) is 30.6 Å². The highest BCUT2D eigenvalue weighted by atomic mass is 35.5. The van der Waals surface area contributed by atoms with Crippen LogP contribution >= 0.6 is 22.9 Å². The Bertz CT molecular complexity index is 1160. The highest BCUT2D eigenvalue weighted by Crippen LogP contribution is 2.37. The van der Waals surface area contributed by atoms with Crippen LogP contribution in [0.25, 0.3) is 11.8 Å². The Morgan fingerprint density at radius 3 is 2.60 bits per heavy atom. The van der Waals surface area contributed by atoms with Crippen LogP contribution in [0.2, 0.25) is 5.02 Å². The zero-order chi connectivity index (χ0) is 21.8. The van der Waals surface area contributed by atoms with Crippen molar-refractivity contribution in [3.63, 3.8) is 0 Å². The molecule has 154 valence electrons. The number of aryl methyl sites for hydroxylation is 1. The lowest BCUT2D eigenvalue weighted by atomic mass is 10.1. The number of halogens is 1. The molecule has 3 rings (SSSR count). The summed E-state index contributed by atoms with van der Waals surface area (Å²) in [6, 6.07) is 7.32. The monoisotopic (exact) mass is 442 g/mol. The number of ether oxygens (including phenoxy) is 2. The lowest BCUT2D eigenvalue weighted by Crippen LogP contribution is -2.13. The molecule has 0 spiro atoms. The van der Waals surface area contributed by atoms with Gasteiger partial charge in [-0.05, 0) is 37.6 Å². The van der Waals surface area contributed by atoms with Crippen molar-refractivity contribution >= 4 is 40.1 Å². The number of carbonyl (C=O) groups excluding carboxylic acids is 1. The average Bonchev–Trinajstić information content (AvgIpc) is 3.33. The number of thiazole rings is 1. The Balaban J connectivity index is 2.04. The number of hydrogen-bond acceptors (Lipinski definition) is 6. The third kappa shape index (κ3) is 4.17. The van der Waals surface area contributed by atoms with Gasteiger partial charge in [0, 0.05) is 29.0 Å². The van der Waals surface area contributed by atoms with E-state index in [9.17, 15) is 10.1 Å². The van der Waals surface area contributed by atoms with Crippen molar-refractivity contribution in [2.24, 2.45) is 0 Å². The predicted molar refractivity (Wildman–Crippen MR) is 118 cm³/mol. The van der Waals surface area contributed by atoms with E-state index in [2.05, 4.69) is 10.3 Å². The number of methoxy groups -OCH3 is 2. The molecule has 2 heterocycles. The van der Waals surface area contributed by atoms with Crippen molar-refractivity contribution in [1.29, 1.82) is 5.26 Å². The minimum absolute atomic E-state index is 0.0230. The van der Waals surface area contributed by atoms with Crippen LogP contribution < -0.4 is 14.8 Å². The summed E-state index contributed by atoms with van der Waals surface area (Å²) in [5.41, 5.74) is 3.14. The molecule has 0 aliphatic carbocycles. The second-order valence-electron chi connectivity index (χ2n) is 6.28. The van der Waals surface area contributed by atoms with Gasteiger partial charge in [-0.15, -0.1) is 11.3 Å². The number of nitriles is 1. The highest BCUT2D eigenvalue weighted by Gasteiger charge is 2.18. The van der Waals surface area contributed by atoms with Crippen LogP contribution in [0.3, 0.4) is 0 Å². The number of benzene rings is 1. The first-order chi connectivity index (χ1) is 14.4. The molecule has 0 aliphatic heterocycles. The normalized spacial score (nSPS) is 11.1. The van der Waals surface area contributed by atoms with E-state index >= 15 is 0 Å². The van der Waals surface area contributed by atoms with E-state index in [0.29, 0.717) is 21.7 Å². The summed E-state index contributed by atoms with van der Waals surface area (Å²) in [6.45, 7) is 3.81. The standard InChI is InChI=1S/C21H19ClN4O3S/c1-12-7-14(8-15(11-23)20(27)25-21-24-5-6-30-21)13(2)26(12)17-9-16(22)18(28-3)10-19(17)29-4/h5-10H,1-4H3,(H,24,25,27)/b15-8-. The number of anilines is 1. The van der Waals surface area contributed by atoms with Crippen molar-refractivity contribution in [2.75, 3.05) is 19.5 Å². The van der Waals surface area contributed by atoms with Crippen molar-refractivity contribution in [2.45, 2.75) is 13.8 Å². The van der Waals surface area contributed by atoms with Gasteiger partial charge in [0.15, 0.2) is 5.13 Å². The summed E-state index contributed by atoms with van der Waals surface area (Å²) in [5, 5.41) is 14.7. The van der Waals surface area contributed by atoms with Gasteiger partial charge in [-0.2, -0.15) is 5.26 Å². The Hall–Kier alpha value is -3.28. The Morgan fingerprint density at radius 2 is 2.00 bits per heavy atom. The molecule has 0 radical (unpaired) electrons. The van der Waals surface area contributed by atoms with E-state index in [0.717, 1.165) is 22.6 Å². The van der Waals surface area contributed by atoms with Gasteiger partial charge in [-0.25, -0.2) is 4.98 Å². The molecule has 0 fully saturated rings. The SMILES string of the molecule is COc1cc(OC)c(-n2c(C)cc(/C=C(/C#N)C(=O)Nc3nccs3)c2C)cc1Cl. The third-order valence-corrected chi connectivity index (χ3v) is 5.47. The number of nitrogens with one attached hydrogen (secondary N) is 1. The van der Waals surface area contributed by atoms with E-state index in [4.69, 9.17) is 21.1 Å². The Morgan fingerprint density at radius 1 is 1.27 bits per heavy atom. The number of carbonyl (C=O) groups is 1. The van der Waals surface area contributed by atoms with Gasteiger partial charge in [0.25, 0.3) is 5.91 Å². The van der Waals surface area contributed by atoms with Crippen molar-refractivity contribution in [3.05, 3.63) is 57.3 Å².